The lowest BCUT2D eigenvalue weighted by atomic mass is 9.77. The number of ether oxygens (including phenoxy) is 1. The van der Waals surface area contributed by atoms with E-state index in [1.54, 1.807) is 7.11 Å². The Balaban J connectivity index is 2.99. The van der Waals surface area contributed by atoms with Crippen molar-refractivity contribution in [3.8, 4) is 0 Å². The van der Waals surface area contributed by atoms with E-state index in [4.69, 9.17) is 14.8 Å². The summed E-state index contributed by atoms with van der Waals surface area (Å²) in [6.07, 6.45) is 0.857. The van der Waals surface area contributed by atoms with Gasteiger partial charge in [-0.15, -0.1) is 0 Å². The molecule has 1 rings (SSSR count). The van der Waals surface area contributed by atoms with E-state index in [-0.39, 0.29) is 0 Å². The largest absolute Gasteiger partial charge is 0.488 e. The summed E-state index contributed by atoms with van der Waals surface area (Å²) in [6, 6.07) is 3.62. The van der Waals surface area contributed by atoms with Gasteiger partial charge in [0.25, 0.3) is 0 Å². The zero-order valence-electron chi connectivity index (χ0n) is 9.45. The number of benzene rings is 1. The lowest BCUT2D eigenvalue weighted by Crippen LogP contribution is -2.30. The molecule has 0 fully saturated rings. The Morgan fingerprint density at radius 2 is 1.73 bits per heavy atom. The minimum Gasteiger partial charge on any atom is -0.423 e. The van der Waals surface area contributed by atoms with Gasteiger partial charge >= 0.3 is 7.12 Å². The van der Waals surface area contributed by atoms with E-state index in [2.05, 4.69) is 0 Å². The highest BCUT2D eigenvalue weighted by Crippen LogP contribution is 2.13. The van der Waals surface area contributed by atoms with Crippen molar-refractivity contribution in [3.63, 3.8) is 0 Å². The summed E-state index contributed by atoms with van der Waals surface area (Å²) in [7, 11) is 0.287. The number of methoxy groups -OCH3 is 1. The second kappa shape index (κ2) is 5.30. The molecular formula is C11H17BO3. The molecule has 0 radical (unpaired) electrons. The van der Waals surface area contributed by atoms with E-state index in [0.717, 1.165) is 17.5 Å². The van der Waals surface area contributed by atoms with Gasteiger partial charge in [-0.25, -0.2) is 0 Å². The Kier molecular flexibility index (Phi) is 4.33. The molecular weight excluding hydrogens is 191 g/mol. The molecule has 0 saturated carbocycles. The van der Waals surface area contributed by atoms with Crippen molar-refractivity contribution in [3.05, 3.63) is 28.8 Å². The quantitative estimate of drug-likeness (QED) is 0.693. The number of hydrogen-bond donors (Lipinski definition) is 2. The number of hydrogen-bond acceptors (Lipinski definition) is 3. The van der Waals surface area contributed by atoms with Gasteiger partial charge in [0.2, 0.25) is 0 Å². The van der Waals surface area contributed by atoms with Gasteiger partial charge in [-0.3, -0.25) is 0 Å². The first-order chi connectivity index (χ1) is 7.06. The summed E-state index contributed by atoms with van der Waals surface area (Å²) in [5.41, 5.74) is 3.93. The zero-order valence-corrected chi connectivity index (χ0v) is 9.45. The third-order valence-corrected chi connectivity index (χ3v) is 2.57. The maximum atomic E-state index is 9.07. The minimum absolute atomic E-state index is 0.547. The highest BCUT2D eigenvalue weighted by atomic mass is 16.5. The molecule has 82 valence electrons. The van der Waals surface area contributed by atoms with Crippen molar-refractivity contribution in [2.75, 3.05) is 13.7 Å². The number of rotatable bonds is 4. The molecule has 4 heteroatoms. The van der Waals surface area contributed by atoms with E-state index < -0.39 is 7.12 Å². The van der Waals surface area contributed by atoms with Crippen LogP contribution in [-0.2, 0) is 11.2 Å². The van der Waals surface area contributed by atoms with Crippen LogP contribution in [0.1, 0.15) is 16.7 Å². The first-order valence-electron chi connectivity index (χ1n) is 5.01. The normalized spacial score (nSPS) is 10.5. The van der Waals surface area contributed by atoms with Crippen LogP contribution in [0.3, 0.4) is 0 Å². The van der Waals surface area contributed by atoms with Crippen LogP contribution in [0.25, 0.3) is 0 Å². The number of aryl methyl sites for hydroxylation is 2. The molecule has 0 aromatic heterocycles. The van der Waals surface area contributed by atoms with Crippen LogP contribution in [0.4, 0.5) is 0 Å². The standard InChI is InChI=1S/C11H17BO3/c1-8-6-10(12(13)14)7-9(2)11(8)4-5-15-3/h6-7,13-14H,4-5H2,1-3H3. The van der Waals surface area contributed by atoms with Gasteiger partial charge < -0.3 is 14.8 Å². The monoisotopic (exact) mass is 208 g/mol. The Bertz CT molecular complexity index is 314. The summed E-state index contributed by atoms with van der Waals surface area (Å²) in [6.45, 7) is 4.64. The molecule has 1 aromatic carbocycles. The first-order valence-corrected chi connectivity index (χ1v) is 5.01. The molecule has 0 aliphatic heterocycles. The predicted octanol–water partition coefficient (Wildman–Crippen LogP) is 0.172. The minimum atomic E-state index is -1.39. The van der Waals surface area contributed by atoms with Crippen molar-refractivity contribution in [2.24, 2.45) is 0 Å². The topological polar surface area (TPSA) is 49.7 Å². The Morgan fingerprint density at radius 3 is 2.13 bits per heavy atom. The molecule has 0 unspecified atom stereocenters. The van der Waals surface area contributed by atoms with Gasteiger partial charge in [-0.1, -0.05) is 12.1 Å². The van der Waals surface area contributed by atoms with E-state index in [9.17, 15) is 0 Å². The molecule has 2 N–H and O–H groups in total. The Morgan fingerprint density at radius 1 is 1.20 bits per heavy atom. The summed E-state index contributed by atoms with van der Waals surface area (Å²) in [5, 5.41) is 18.1. The third-order valence-electron chi connectivity index (χ3n) is 2.57. The van der Waals surface area contributed by atoms with Crippen LogP contribution in [0.2, 0.25) is 0 Å². The van der Waals surface area contributed by atoms with E-state index in [1.165, 1.54) is 5.56 Å². The zero-order chi connectivity index (χ0) is 11.4. The van der Waals surface area contributed by atoms with Crippen molar-refractivity contribution in [1.29, 1.82) is 0 Å². The first kappa shape index (κ1) is 12.2. The second-order valence-electron chi connectivity index (χ2n) is 3.75. The third kappa shape index (κ3) is 3.06. The lowest BCUT2D eigenvalue weighted by Gasteiger charge is -2.12. The fourth-order valence-corrected chi connectivity index (χ4v) is 1.77. The molecule has 0 bridgehead atoms. The van der Waals surface area contributed by atoms with Crippen LogP contribution >= 0.6 is 0 Å². The van der Waals surface area contributed by atoms with Crippen molar-refractivity contribution < 1.29 is 14.8 Å². The Hall–Kier alpha value is -0.835. The summed E-state index contributed by atoms with van der Waals surface area (Å²) in [4.78, 5) is 0. The lowest BCUT2D eigenvalue weighted by molar-refractivity contribution is 0.202. The fourth-order valence-electron chi connectivity index (χ4n) is 1.77. The molecule has 0 aliphatic carbocycles. The average Bonchev–Trinajstić information content (AvgIpc) is 2.16. The highest BCUT2D eigenvalue weighted by Gasteiger charge is 2.13. The van der Waals surface area contributed by atoms with E-state index >= 15 is 0 Å². The molecule has 3 nitrogen and oxygen atoms in total. The summed E-state index contributed by atoms with van der Waals surface area (Å²) in [5.74, 6) is 0. The smallest absolute Gasteiger partial charge is 0.423 e. The van der Waals surface area contributed by atoms with Crippen molar-refractivity contribution >= 4 is 12.6 Å². The highest BCUT2D eigenvalue weighted by molar-refractivity contribution is 6.58. The maximum absolute atomic E-state index is 9.07. The summed E-state index contributed by atoms with van der Waals surface area (Å²) < 4.78 is 5.03. The van der Waals surface area contributed by atoms with Gasteiger partial charge in [0.15, 0.2) is 0 Å². The molecule has 0 amide bonds. The van der Waals surface area contributed by atoms with Crippen molar-refractivity contribution in [1.82, 2.24) is 0 Å². The van der Waals surface area contributed by atoms with Gasteiger partial charge in [-0.05, 0) is 42.4 Å². The fraction of sp³-hybridized carbons (Fsp3) is 0.455. The van der Waals surface area contributed by atoms with Crippen LogP contribution in [0, 0.1) is 13.8 Å². The van der Waals surface area contributed by atoms with E-state index in [1.807, 2.05) is 26.0 Å². The summed E-state index contributed by atoms with van der Waals surface area (Å²) >= 11 is 0. The molecule has 0 aliphatic rings. The van der Waals surface area contributed by atoms with Crippen LogP contribution in [0.5, 0.6) is 0 Å². The average molecular weight is 208 g/mol. The van der Waals surface area contributed by atoms with Crippen LogP contribution in [-0.4, -0.2) is 30.9 Å². The van der Waals surface area contributed by atoms with Gasteiger partial charge in [-0.2, -0.15) is 0 Å². The SMILES string of the molecule is COCCc1c(C)cc(B(O)O)cc1C. The molecule has 0 atom stereocenters. The molecule has 15 heavy (non-hydrogen) atoms. The van der Waals surface area contributed by atoms with E-state index in [0.29, 0.717) is 12.1 Å². The van der Waals surface area contributed by atoms with Gasteiger partial charge in [0.05, 0.1) is 6.61 Å². The molecule has 1 aromatic rings. The van der Waals surface area contributed by atoms with Crippen LogP contribution < -0.4 is 5.46 Å². The molecule has 0 spiro atoms. The molecule has 0 heterocycles. The Labute approximate surface area is 90.9 Å². The van der Waals surface area contributed by atoms with Gasteiger partial charge in [0.1, 0.15) is 0 Å². The molecule has 0 saturated heterocycles. The van der Waals surface area contributed by atoms with Crippen LogP contribution in [0.15, 0.2) is 12.1 Å². The maximum Gasteiger partial charge on any atom is 0.488 e. The van der Waals surface area contributed by atoms with Crippen molar-refractivity contribution in [2.45, 2.75) is 20.3 Å². The van der Waals surface area contributed by atoms with Gasteiger partial charge in [0, 0.05) is 7.11 Å². The second-order valence-corrected chi connectivity index (χ2v) is 3.75. The predicted molar refractivity (Wildman–Crippen MR) is 61.3 cm³/mol.